The van der Waals surface area contributed by atoms with Crippen molar-refractivity contribution in [3.8, 4) is 0 Å². The summed E-state index contributed by atoms with van der Waals surface area (Å²) in [6.07, 6.45) is 1.92. The van der Waals surface area contributed by atoms with E-state index in [1.54, 1.807) is 11.7 Å². The third kappa shape index (κ3) is 1.22. The Balaban J connectivity index is 2.75. The van der Waals surface area contributed by atoms with Crippen molar-refractivity contribution in [2.45, 2.75) is 6.92 Å². The second-order valence-electron chi connectivity index (χ2n) is 2.92. The van der Waals surface area contributed by atoms with Gasteiger partial charge in [-0.25, -0.2) is 4.98 Å². The van der Waals surface area contributed by atoms with Crippen molar-refractivity contribution < 1.29 is 0 Å². The van der Waals surface area contributed by atoms with Gasteiger partial charge < -0.3 is 5.32 Å². The average Bonchev–Trinajstić information content (AvgIpc) is 2.46. The van der Waals surface area contributed by atoms with E-state index in [0.29, 0.717) is 5.95 Å². The fourth-order valence-electron chi connectivity index (χ4n) is 1.27. The Morgan fingerprint density at radius 1 is 1.38 bits per heavy atom. The standard InChI is InChI=1S/C8H11N5/c1-5-6-4-13(3)12-7(6)11-8(9-2)10-5/h4H,1-3H3,(H,9,11,12). The molecule has 68 valence electrons. The first-order valence-electron chi connectivity index (χ1n) is 4.06. The molecule has 5 nitrogen and oxygen atoms in total. The number of rotatable bonds is 1. The average molecular weight is 177 g/mol. The van der Waals surface area contributed by atoms with Gasteiger partial charge in [0.1, 0.15) is 0 Å². The van der Waals surface area contributed by atoms with Crippen LogP contribution in [0.15, 0.2) is 6.20 Å². The van der Waals surface area contributed by atoms with Crippen molar-refractivity contribution >= 4 is 17.0 Å². The minimum Gasteiger partial charge on any atom is -0.357 e. The van der Waals surface area contributed by atoms with Crippen LogP contribution in [0.3, 0.4) is 0 Å². The molecule has 5 heteroatoms. The molecule has 2 aromatic rings. The third-order valence-corrected chi connectivity index (χ3v) is 1.91. The van der Waals surface area contributed by atoms with Gasteiger partial charge in [-0.2, -0.15) is 10.1 Å². The summed E-state index contributed by atoms with van der Waals surface area (Å²) in [6, 6.07) is 0. The molecule has 0 amide bonds. The van der Waals surface area contributed by atoms with E-state index in [-0.39, 0.29) is 0 Å². The van der Waals surface area contributed by atoms with Gasteiger partial charge in [0, 0.05) is 20.3 Å². The van der Waals surface area contributed by atoms with Gasteiger partial charge in [-0.1, -0.05) is 0 Å². The quantitative estimate of drug-likeness (QED) is 0.697. The normalized spacial score (nSPS) is 10.7. The fourth-order valence-corrected chi connectivity index (χ4v) is 1.27. The molecule has 0 aliphatic heterocycles. The van der Waals surface area contributed by atoms with Crippen LogP contribution in [0.4, 0.5) is 5.95 Å². The third-order valence-electron chi connectivity index (χ3n) is 1.91. The van der Waals surface area contributed by atoms with Gasteiger partial charge in [-0.3, -0.25) is 4.68 Å². The molecule has 1 N–H and O–H groups in total. The van der Waals surface area contributed by atoms with Crippen LogP contribution >= 0.6 is 0 Å². The molecule has 0 aliphatic carbocycles. The second-order valence-corrected chi connectivity index (χ2v) is 2.92. The Morgan fingerprint density at radius 2 is 2.15 bits per heavy atom. The van der Waals surface area contributed by atoms with Gasteiger partial charge in [0.15, 0.2) is 5.65 Å². The molecule has 0 spiro atoms. The van der Waals surface area contributed by atoms with Crippen LogP contribution in [0.5, 0.6) is 0 Å². The van der Waals surface area contributed by atoms with Gasteiger partial charge in [-0.05, 0) is 6.92 Å². The molecule has 0 atom stereocenters. The predicted octanol–water partition coefficient (Wildman–Crippen LogP) is 0.713. The topological polar surface area (TPSA) is 55.6 Å². The first-order valence-corrected chi connectivity index (χ1v) is 4.06. The van der Waals surface area contributed by atoms with Crippen LogP contribution in [-0.2, 0) is 7.05 Å². The van der Waals surface area contributed by atoms with E-state index in [2.05, 4.69) is 20.4 Å². The zero-order valence-electron chi connectivity index (χ0n) is 7.87. The molecule has 13 heavy (non-hydrogen) atoms. The highest BCUT2D eigenvalue weighted by atomic mass is 15.3. The van der Waals surface area contributed by atoms with Crippen molar-refractivity contribution in [2.24, 2.45) is 7.05 Å². The van der Waals surface area contributed by atoms with E-state index in [0.717, 1.165) is 16.7 Å². The predicted molar refractivity (Wildman–Crippen MR) is 50.6 cm³/mol. The maximum atomic E-state index is 4.26. The molecule has 2 aromatic heterocycles. The summed E-state index contributed by atoms with van der Waals surface area (Å²) in [7, 11) is 3.67. The molecular weight excluding hydrogens is 166 g/mol. The van der Waals surface area contributed by atoms with Gasteiger partial charge in [0.2, 0.25) is 5.95 Å². The summed E-state index contributed by atoms with van der Waals surface area (Å²) in [5, 5.41) is 8.11. The molecule has 0 bridgehead atoms. The zero-order valence-corrected chi connectivity index (χ0v) is 7.87. The molecule has 0 radical (unpaired) electrons. The number of hydrogen-bond acceptors (Lipinski definition) is 4. The van der Waals surface area contributed by atoms with E-state index in [1.807, 2.05) is 20.2 Å². The summed E-state index contributed by atoms with van der Waals surface area (Å²) < 4.78 is 1.74. The molecule has 2 heterocycles. The smallest absolute Gasteiger partial charge is 0.224 e. The molecule has 0 fully saturated rings. The first-order chi connectivity index (χ1) is 6.20. The van der Waals surface area contributed by atoms with Gasteiger partial charge >= 0.3 is 0 Å². The van der Waals surface area contributed by atoms with E-state index < -0.39 is 0 Å². The first kappa shape index (κ1) is 7.97. The molecule has 0 saturated heterocycles. The largest absolute Gasteiger partial charge is 0.357 e. The lowest BCUT2D eigenvalue weighted by atomic mass is 10.3. The highest BCUT2D eigenvalue weighted by molar-refractivity contribution is 5.77. The molecule has 0 aliphatic rings. The minimum absolute atomic E-state index is 0.615. The monoisotopic (exact) mass is 177 g/mol. The number of nitrogens with one attached hydrogen (secondary N) is 1. The highest BCUT2D eigenvalue weighted by Crippen LogP contribution is 2.14. The summed E-state index contributed by atoms with van der Waals surface area (Å²) in [5.74, 6) is 0.615. The van der Waals surface area contributed by atoms with Crippen molar-refractivity contribution in [1.29, 1.82) is 0 Å². The second kappa shape index (κ2) is 2.69. The van der Waals surface area contributed by atoms with Crippen LogP contribution in [0, 0.1) is 6.92 Å². The summed E-state index contributed by atoms with van der Waals surface area (Å²) >= 11 is 0. The molecule has 0 unspecified atom stereocenters. The number of anilines is 1. The summed E-state index contributed by atoms with van der Waals surface area (Å²) in [4.78, 5) is 8.48. The van der Waals surface area contributed by atoms with Crippen LogP contribution in [0.2, 0.25) is 0 Å². The fraction of sp³-hybridized carbons (Fsp3) is 0.375. The number of fused-ring (bicyclic) bond motifs is 1. The molecular formula is C8H11N5. The van der Waals surface area contributed by atoms with Crippen molar-refractivity contribution in [3.63, 3.8) is 0 Å². The number of nitrogens with zero attached hydrogens (tertiary/aromatic N) is 4. The van der Waals surface area contributed by atoms with Gasteiger partial charge in [0.05, 0.1) is 11.1 Å². The maximum absolute atomic E-state index is 4.26. The van der Waals surface area contributed by atoms with E-state index in [1.165, 1.54) is 0 Å². The lowest BCUT2D eigenvalue weighted by Crippen LogP contribution is -1.98. The van der Waals surface area contributed by atoms with E-state index in [4.69, 9.17) is 0 Å². The SMILES string of the molecule is CNc1nc(C)c2cn(C)nc2n1. The Labute approximate surface area is 75.8 Å². The lowest BCUT2D eigenvalue weighted by Gasteiger charge is -1.98. The Bertz CT molecular complexity index is 445. The Hall–Kier alpha value is -1.65. The van der Waals surface area contributed by atoms with Crippen LogP contribution in [0.25, 0.3) is 11.0 Å². The number of hydrogen-bond donors (Lipinski definition) is 1. The van der Waals surface area contributed by atoms with Crippen molar-refractivity contribution in [2.75, 3.05) is 12.4 Å². The Kier molecular flexibility index (Phi) is 1.65. The highest BCUT2D eigenvalue weighted by Gasteiger charge is 2.05. The lowest BCUT2D eigenvalue weighted by molar-refractivity contribution is 0.776. The van der Waals surface area contributed by atoms with Crippen LogP contribution in [0.1, 0.15) is 5.69 Å². The van der Waals surface area contributed by atoms with Crippen LogP contribution < -0.4 is 5.32 Å². The van der Waals surface area contributed by atoms with Gasteiger partial charge in [-0.15, -0.1) is 0 Å². The summed E-state index contributed by atoms with van der Waals surface area (Å²) in [5.41, 5.74) is 1.68. The minimum atomic E-state index is 0.615. The molecule has 2 rings (SSSR count). The molecule has 0 saturated carbocycles. The van der Waals surface area contributed by atoms with E-state index in [9.17, 15) is 0 Å². The van der Waals surface area contributed by atoms with Gasteiger partial charge in [0.25, 0.3) is 0 Å². The maximum Gasteiger partial charge on any atom is 0.224 e. The number of aryl methyl sites for hydroxylation is 2. The molecule has 0 aromatic carbocycles. The number of aromatic nitrogens is 4. The zero-order chi connectivity index (χ0) is 9.42. The van der Waals surface area contributed by atoms with E-state index >= 15 is 0 Å². The Morgan fingerprint density at radius 3 is 2.85 bits per heavy atom. The van der Waals surface area contributed by atoms with Crippen molar-refractivity contribution in [3.05, 3.63) is 11.9 Å². The summed E-state index contributed by atoms with van der Waals surface area (Å²) in [6.45, 7) is 1.95. The van der Waals surface area contributed by atoms with Crippen LogP contribution in [-0.4, -0.2) is 26.8 Å². The van der Waals surface area contributed by atoms with Crippen molar-refractivity contribution in [1.82, 2.24) is 19.7 Å².